The molecule has 0 aliphatic carbocycles. The standard InChI is InChI=1S/C9H9N3O2/c13-3-1-2-7-4-8-9(14)10-6-11-12(8)5-7/h1-2,4-6,13H,3H2,(H,10,11,14). The summed E-state index contributed by atoms with van der Waals surface area (Å²) in [6.07, 6.45) is 6.39. The van der Waals surface area contributed by atoms with Gasteiger partial charge in [-0.3, -0.25) is 4.79 Å². The average Bonchev–Trinajstić information content (AvgIpc) is 2.59. The molecular weight excluding hydrogens is 182 g/mol. The number of aromatic nitrogens is 3. The molecule has 2 heterocycles. The van der Waals surface area contributed by atoms with Gasteiger partial charge in [0.1, 0.15) is 11.8 Å². The van der Waals surface area contributed by atoms with E-state index in [0.29, 0.717) is 5.52 Å². The third-order valence-electron chi connectivity index (χ3n) is 1.85. The van der Waals surface area contributed by atoms with Gasteiger partial charge in [0.15, 0.2) is 0 Å². The lowest BCUT2D eigenvalue weighted by molar-refractivity contribution is 0.343. The Bertz CT molecular complexity index is 524. The molecule has 0 atom stereocenters. The van der Waals surface area contributed by atoms with Gasteiger partial charge in [0.25, 0.3) is 5.56 Å². The number of hydrogen-bond acceptors (Lipinski definition) is 3. The molecule has 0 radical (unpaired) electrons. The molecule has 72 valence electrons. The molecule has 2 N–H and O–H groups in total. The molecule has 14 heavy (non-hydrogen) atoms. The van der Waals surface area contributed by atoms with Crippen LogP contribution < -0.4 is 5.56 Å². The van der Waals surface area contributed by atoms with E-state index >= 15 is 0 Å². The van der Waals surface area contributed by atoms with E-state index in [2.05, 4.69) is 10.1 Å². The van der Waals surface area contributed by atoms with Gasteiger partial charge in [0.05, 0.1) is 6.61 Å². The zero-order valence-corrected chi connectivity index (χ0v) is 7.34. The summed E-state index contributed by atoms with van der Waals surface area (Å²) in [5, 5.41) is 12.5. The summed E-state index contributed by atoms with van der Waals surface area (Å²) < 4.78 is 1.50. The highest BCUT2D eigenvalue weighted by Gasteiger charge is 2.00. The minimum absolute atomic E-state index is 0.0179. The fourth-order valence-electron chi connectivity index (χ4n) is 1.24. The Hall–Kier alpha value is -1.88. The van der Waals surface area contributed by atoms with Crippen molar-refractivity contribution in [3.05, 3.63) is 40.6 Å². The van der Waals surface area contributed by atoms with Crippen LogP contribution in [0.25, 0.3) is 11.6 Å². The second kappa shape index (κ2) is 3.47. The molecule has 2 aromatic rings. The fraction of sp³-hybridized carbons (Fsp3) is 0.111. The zero-order valence-electron chi connectivity index (χ0n) is 7.34. The smallest absolute Gasteiger partial charge is 0.275 e. The summed E-state index contributed by atoms with van der Waals surface area (Å²) in [7, 11) is 0. The lowest BCUT2D eigenvalue weighted by Crippen LogP contribution is -2.09. The highest BCUT2D eigenvalue weighted by atomic mass is 16.2. The summed E-state index contributed by atoms with van der Waals surface area (Å²) in [4.78, 5) is 13.8. The molecule has 0 saturated carbocycles. The number of aliphatic hydroxyl groups is 1. The fourth-order valence-corrected chi connectivity index (χ4v) is 1.24. The lowest BCUT2D eigenvalue weighted by Gasteiger charge is -1.87. The third kappa shape index (κ3) is 1.45. The summed E-state index contributed by atoms with van der Waals surface area (Å²) in [5.74, 6) is 0. The Morgan fingerprint density at radius 3 is 3.21 bits per heavy atom. The summed E-state index contributed by atoms with van der Waals surface area (Å²) in [6.45, 7) is -0.0179. The lowest BCUT2D eigenvalue weighted by atomic mass is 10.3. The van der Waals surface area contributed by atoms with E-state index in [-0.39, 0.29) is 12.2 Å². The largest absolute Gasteiger partial charge is 0.392 e. The van der Waals surface area contributed by atoms with Crippen molar-refractivity contribution >= 4 is 11.6 Å². The molecule has 5 nitrogen and oxygen atoms in total. The predicted octanol–water partition coefficient (Wildman–Crippen LogP) is 0.0281. The van der Waals surface area contributed by atoms with Crippen molar-refractivity contribution in [3.8, 4) is 0 Å². The first-order valence-electron chi connectivity index (χ1n) is 4.15. The molecule has 0 unspecified atom stereocenters. The number of H-pyrrole nitrogens is 1. The Morgan fingerprint density at radius 1 is 1.64 bits per heavy atom. The van der Waals surface area contributed by atoms with Crippen LogP contribution in [0.1, 0.15) is 5.56 Å². The quantitative estimate of drug-likeness (QED) is 0.703. The van der Waals surface area contributed by atoms with Gasteiger partial charge in [-0.25, -0.2) is 4.52 Å². The van der Waals surface area contributed by atoms with Crippen molar-refractivity contribution in [2.24, 2.45) is 0 Å². The number of rotatable bonds is 2. The average molecular weight is 191 g/mol. The molecule has 0 amide bonds. The van der Waals surface area contributed by atoms with Gasteiger partial charge in [-0.2, -0.15) is 5.10 Å². The molecule has 0 aliphatic rings. The van der Waals surface area contributed by atoms with Crippen LogP contribution in [0.3, 0.4) is 0 Å². The van der Waals surface area contributed by atoms with E-state index in [9.17, 15) is 4.79 Å². The summed E-state index contributed by atoms with van der Waals surface area (Å²) in [5.41, 5.74) is 1.15. The van der Waals surface area contributed by atoms with Crippen molar-refractivity contribution in [3.63, 3.8) is 0 Å². The van der Waals surface area contributed by atoms with E-state index < -0.39 is 0 Å². The minimum Gasteiger partial charge on any atom is -0.392 e. The van der Waals surface area contributed by atoms with E-state index in [1.54, 1.807) is 24.4 Å². The number of aromatic amines is 1. The van der Waals surface area contributed by atoms with Crippen LogP contribution in [0.4, 0.5) is 0 Å². The van der Waals surface area contributed by atoms with E-state index in [1.165, 1.54) is 10.8 Å². The molecule has 0 saturated heterocycles. The first-order valence-corrected chi connectivity index (χ1v) is 4.15. The first-order chi connectivity index (χ1) is 6.81. The maximum Gasteiger partial charge on any atom is 0.275 e. The second-order valence-electron chi connectivity index (χ2n) is 2.81. The molecule has 0 aliphatic heterocycles. The maximum atomic E-state index is 11.3. The molecule has 2 aromatic heterocycles. The van der Waals surface area contributed by atoms with Crippen molar-refractivity contribution in [2.75, 3.05) is 6.61 Å². The van der Waals surface area contributed by atoms with Crippen molar-refractivity contribution in [1.82, 2.24) is 14.6 Å². The van der Waals surface area contributed by atoms with Crippen molar-refractivity contribution < 1.29 is 5.11 Å². The first kappa shape index (κ1) is 8.71. The number of nitrogens with zero attached hydrogens (tertiary/aromatic N) is 2. The van der Waals surface area contributed by atoms with Crippen molar-refractivity contribution in [1.29, 1.82) is 0 Å². The normalized spacial score (nSPS) is 11.5. The van der Waals surface area contributed by atoms with Gasteiger partial charge in [-0.15, -0.1) is 0 Å². The van der Waals surface area contributed by atoms with Crippen LogP contribution in [0.15, 0.2) is 29.5 Å². The topological polar surface area (TPSA) is 70.4 Å². The van der Waals surface area contributed by atoms with Crippen LogP contribution in [-0.2, 0) is 0 Å². The summed E-state index contributed by atoms with van der Waals surface area (Å²) in [6, 6.07) is 1.71. The predicted molar refractivity (Wildman–Crippen MR) is 51.9 cm³/mol. The molecule has 2 rings (SSSR count). The maximum absolute atomic E-state index is 11.3. The van der Waals surface area contributed by atoms with Crippen LogP contribution in [0.5, 0.6) is 0 Å². The van der Waals surface area contributed by atoms with Gasteiger partial charge in [0, 0.05) is 6.20 Å². The van der Waals surface area contributed by atoms with Gasteiger partial charge in [-0.05, 0) is 11.6 Å². The number of fused-ring (bicyclic) bond motifs is 1. The molecular formula is C9H9N3O2. The highest BCUT2D eigenvalue weighted by Crippen LogP contribution is 2.05. The molecule has 0 bridgehead atoms. The van der Waals surface area contributed by atoms with Crippen LogP contribution in [-0.4, -0.2) is 26.3 Å². The Kier molecular flexibility index (Phi) is 2.16. The Morgan fingerprint density at radius 2 is 2.50 bits per heavy atom. The molecule has 5 heteroatoms. The van der Waals surface area contributed by atoms with E-state index in [4.69, 9.17) is 5.11 Å². The van der Waals surface area contributed by atoms with Crippen LogP contribution in [0, 0.1) is 0 Å². The van der Waals surface area contributed by atoms with Crippen LogP contribution >= 0.6 is 0 Å². The van der Waals surface area contributed by atoms with E-state index in [1.807, 2.05) is 0 Å². The van der Waals surface area contributed by atoms with Gasteiger partial charge < -0.3 is 10.1 Å². The highest BCUT2D eigenvalue weighted by molar-refractivity contribution is 5.58. The van der Waals surface area contributed by atoms with Crippen LogP contribution in [0.2, 0.25) is 0 Å². The number of nitrogens with one attached hydrogen (secondary N) is 1. The monoisotopic (exact) mass is 191 g/mol. The number of aliphatic hydroxyl groups excluding tert-OH is 1. The van der Waals surface area contributed by atoms with E-state index in [0.717, 1.165) is 5.56 Å². The zero-order chi connectivity index (χ0) is 9.97. The SMILES string of the molecule is O=c1[nH]cnn2cc(C=CCO)cc12. The Labute approximate surface area is 79.3 Å². The molecule has 0 spiro atoms. The van der Waals surface area contributed by atoms with Gasteiger partial charge in [0.2, 0.25) is 0 Å². The third-order valence-corrected chi connectivity index (χ3v) is 1.85. The molecule has 0 fully saturated rings. The Balaban J connectivity index is 2.57. The second-order valence-corrected chi connectivity index (χ2v) is 2.81. The summed E-state index contributed by atoms with van der Waals surface area (Å²) >= 11 is 0. The van der Waals surface area contributed by atoms with Gasteiger partial charge >= 0.3 is 0 Å². The van der Waals surface area contributed by atoms with Gasteiger partial charge in [-0.1, -0.05) is 12.2 Å². The number of hydrogen-bond donors (Lipinski definition) is 2. The van der Waals surface area contributed by atoms with Crippen molar-refractivity contribution in [2.45, 2.75) is 0 Å². The molecule has 0 aromatic carbocycles. The minimum atomic E-state index is -0.177.